The van der Waals surface area contributed by atoms with Crippen LogP contribution in [0.1, 0.15) is 22.8 Å². The van der Waals surface area contributed by atoms with E-state index in [1.807, 2.05) is 49.4 Å². The maximum Gasteiger partial charge on any atom is 0.272 e. The molecule has 0 aliphatic carbocycles. The van der Waals surface area contributed by atoms with E-state index >= 15 is 0 Å². The van der Waals surface area contributed by atoms with Crippen LogP contribution < -0.4 is 25.4 Å². The lowest BCUT2D eigenvalue weighted by molar-refractivity contribution is -0.115. The molecule has 8 nitrogen and oxygen atoms in total. The molecule has 3 N–H and O–H groups in total. The summed E-state index contributed by atoms with van der Waals surface area (Å²) < 4.78 is 11.4. The first kappa shape index (κ1) is 31.4. The second-order valence-corrected chi connectivity index (χ2v) is 11.6. The number of hydrogen-bond donors (Lipinski definition) is 3. The predicted octanol–water partition coefficient (Wildman–Crippen LogP) is 7.00. The zero-order valence-corrected chi connectivity index (χ0v) is 26.1. The van der Waals surface area contributed by atoms with Gasteiger partial charge in [0, 0.05) is 44.5 Å². The van der Waals surface area contributed by atoms with Crippen LogP contribution in [0.3, 0.4) is 0 Å². The van der Waals surface area contributed by atoms with Crippen molar-refractivity contribution < 1.29 is 23.9 Å². The van der Waals surface area contributed by atoms with Crippen molar-refractivity contribution in [3.8, 4) is 11.5 Å². The summed E-state index contributed by atoms with van der Waals surface area (Å²) >= 11 is 4.78. The Morgan fingerprint density at radius 3 is 2.02 bits per heavy atom. The van der Waals surface area contributed by atoms with Crippen molar-refractivity contribution in [2.24, 2.45) is 0 Å². The van der Waals surface area contributed by atoms with E-state index in [2.05, 4.69) is 31.9 Å². The lowest BCUT2D eigenvalue weighted by Gasteiger charge is -2.14. The summed E-state index contributed by atoms with van der Waals surface area (Å²) in [5, 5.41) is 8.06. The third-order valence-electron chi connectivity index (χ3n) is 6.12. The molecule has 0 aliphatic rings. The number of carbonyl (C=O) groups is 3. The summed E-state index contributed by atoms with van der Waals surface area (Å²) in [4.78, 5) is 39.8. The first-order valence-electron chi connectivity index (χ1n) is 13.2. The number of methoxy groups -OCH3 is 2. The summed E-state index contributed by atoms with van der Waals surface area (Å²) in [6, 6.07) is 28.3. The van der Waals surface area contributed by atoms with Crippen LogP contribution >= 0.6 is 27.7 Å². The molecule has 0 bridgehead atoms. The van der Waals surface area contributed by atoms with Crippen LogP contribution in [0.2, 0.25) is 0 Å². The topological polar surface area (TPSA) is 106 Å². The Hall–Kier alpha value is -4.54. The van der Waals surface area contributed by atoms with Crippen LogP contribution in [0.25, 0.3) is 6.08 Å². The van der Waals surface area contributed by atoms with Crippen LogP contribution in [-0.2, 0) is 9.59 Å². The number of ether oxygens (including phenoxy) is 2. The Labute approximate surface area is 263 Å². The monoisotopic (exact) mass is 659 g/mol. The SMILES string of the molecule is COc1cc(NC(=O)C(C)Sc2ccc(NC(=O)/C(=C/c3ccc(Br)cc3)NC(=O)c3ccccc3)cc2)cc(OC)c1. The van der Waals surface area contributed by atoms with Crippen molar-refractivity contribution in [2.45, 2.75) is 17.1 Å². The molecule has 3 amide bonds. The van der Waals surface area contributed by atoms with E-state index in [4.69, 9.17) is 9.47 Å². The highest BCUT2D eigenvalue weighted by molar-refractivity contribution is 9.10. The average molecular weight is 661 g/mol. The molecule has 0 saturated heterocycles. The molecular formula is C33H30BrN3O5S. The normalized spacial score (nSPS) is 11.7. The maximum absolute atomic E-state index is 13.3. The molecule has 4 rings (SSSR count). The minimum Gasteiger partial charge on any atom is -0.497 e. The lowest BCUT2D eigenvalue weighted by atomic mass is 10.1. The molecule has 1 unspecified atom stereocenters. The molecule has 1 atom stereocenters. The highest BCUT2D eigenvalue weighted by atomic mass is 79.9. The largest absolute Gasteiger partial charge is 0.497 e. The van der Waals surface area contributed by atoms with Gasteiger partial charge in [0.1, 0.15) is 17.2 Å². The number of rotatable bonds is 11. The molecule has 4 aromatic carbocycles. The van der Waals surface area contributed by atoms with Gasteiger partial charge in [-0.2, -0.15) is 0 Å². The molecule has 0 aliphatic heterocycles. The van der Waals surface area contributed by atoms with Crippen molar-refractivity contribution >= 4 is 62.9 Å². The second kappa shape index (κ2) is 15.1. The fourth-order valence-corrected chi connectivity index (χ4v) is 5.00. The van der Waals surface area contributed by atoms with Crippen molar-refractivity contribution in [3.05, 3.63) is 118 Å². The Balaban J connectivity index is 1.42. The minimum atomic E-state index is -0.478. The molecule has 0 saturated carbocycles. The highest BCUT2D eigenvalue weighted by Gasteiger charge is 2.17. The molecule has 43 heavy (non-hydrogen) atoms. The fourth-order valence-electron chi connectivity index (χ4n) is 3.86. The van der Waals surface area contributed by atoms with Gasteiger partial charge in [-0.1, -0.05) is 46.3 Å². The third kappa shape index (κ3) is 9.22. The molecule has 0 spiro atoms. The summed E-state index contributed by atoms with van der Waals surface area (Å²) in [7, 11) is 3.09. The zero-order chi connectivity index (χ0) is 30.8. The van der Waals surface area contributed by atoms with Gasteiger partial charge in [0.2, 0.25) is 5.91 Å². The van der Waals surface area contributed by atoms with Gasteiger partial charge in [-0.25, -0.2) is 0 Å². The van der Waals surface area contributed by atoms with Gasteiger partial charge in [0.15, 0.2) is 0 Å². The maximum atomic E-state index is 13.3. The predicted molar refractivity (Wildman–Crippen MR) is 175 cm³/mol. The van der Waals surface area contributed by atoms with Gasteiger partial charge in [0.05, 0.1) is 19.5 Å². The molecule has 4 aromatic rings. The van der Waals surface area contributed by atoms with Gasteiger partial charge in [-0.3, -0.25) is 14.4 Å². The van der Waals surface area contributed by atoms with Crippen LogP contribution in [0.15, 0.2) is 112 Å². The van der Waals surface area contributed by atoms with Crippen LogP contribution in [0.4, 0.5) is 11.4 Å². The molecular weight excluding hydrogens is 630 g/mol. The van der Waals surface area contributed by atoms with Gasteiger partial charge in [-0.15, -0.1) is 11.8 Å². The number of nitrogens with one attached hydrogen (secondary N) is 3. The number of benzene rings is 4. The molecule has 10 heteroatoms. The summed E-state index contributed by atoms with van der Waals surface area (Å²) in [5.41, 5.74) is 2.37. The lowest BCUT2D eigenvalue weighted by Crippen LogP contribution is -2.30. The zero-order valence-electron chi connectivity index (χ0n) is 23.7. The van der Waals surface area contributed by atoms with Crippen LogP contribution in [0, 0.1) is 0 Å². The second-order valence-electron chi connectivity index (χ2n) is 9.26. The van der Waals surface area contributed by atoms with E-state index < -0.39 is 17.1 Å². The fraction of sp³-hybridized carbons (Fsp3) is 0.121. The Morgan fingerprint density at radius 1 is 0.791 bits per heavy atom. The molecule has 0 aromatic heterocycles. The van der Waals surface area contributed by atoms with E-state index in [0.29, 0.717) is 28.4 Å². The van der Waals surface area contributed by atoms with E-state index in [1.54, 1.807) is 74.9 Å². The van der Waals surface area contributed by atoms with Crippen LogP contribution in [-0.4, -0.2) is 37.2 Å². The van der Waals surface area contributed by atoms with E-state index in [0.717, 1.165) is 14.9 Å². The van der Waals surface area contributed by atoms with Gasteiger partial charge >= 0.3 is 0 Å². The molecule has 220 valence electrons. The van der Waals surface area contributed by atoms with Crippen molar-refractivity contribution in [2.75, 3.05) is 24.9 Å². The number of anilines is 2. The Bertz CT molecular complexity index is 1590. The molecule has 0 radical (unpaired) electrons. The Morgan fingerprint density at radius 2 is 1.42 bits per heavy atom. The van der Waals surface area contributed by atoms with E-state index in [1.165, 1.54) is 11.8 Å². The summed E-state index contributed by atoms with van der Waals surface area (Å²) in [5.74, 6) is 0.0817. The number of carbonyl (C=O) groups excluding carboxylic acids is 3. The first-order chi connectivity index (χ1) is 20.7. The average Bonchev–Trinajstić information content (AvgIpc) is 3.02. The highest BCUT2D eigenvalue weighted by Crippen LogP contribution is 2.29. The standard InChI is InChI=1S/C33H30BrN3O5S/c1-21(31(38)36-26-18-27(41-2)20-28(19-26)42-3)43-29-15-13-25(14-16-29)35-33(40)30(17-22-9-11-24(34)12-10-22)37-32(39)23-7-5-4-6-8-23/h4-21H,1-3H3,(H,35,40)(H,36,38)(H,37,39)/b30-17-. The van der Waals surface area contributed by atoms with Crippen molar-refractivity contribution in [1.29, 1.82) is 0 Å². The van der Waals surface area contributed by atoms with Crippen LogP contribution in [0.5, 0.6) is 11.5 Å². The number of halogens is 1. The number of hydrogen-bond acceptors (Lipinski definition) is 6. The minimum absolute atomic E-state index is 0.0918. The molecule has 0 fully saturated rings. The third-order valence-corrected chi connectivity index (χ3v) is 7.76. The summed E-state index contributed by atoms with van der Waals surface area (Å²) in [6.45, 7) is 1.81. The quantitative estimate of drug-likeness (QED) is 0.118. The van der Waals surface area contributed by atoms with E-state index in [-0.39, 0.29) is 11.6 Å². The van der Waals surface area contributed by atoms with Crippen molar-refractivity contribution in [3.63, 3.8) is 0 Å². The smallest absolute Gasteiger partial charge is 0.272 e. The first-order valence-corrected chi connectivity index (χ1v) is 14.9. The van der Waals surface area contributed by atoms with E-state index in [9.17, 15) is 14.4 Å². The summed E-state index contributed by atoms with van der Waals surface area (Å²) in [6.07, 6.45) is 1.62. The van der Waals surface area contributed by atoms with Gasteiger partial charge in [0.25, 0.3) is 11.8 Å². The van der Waals surface area contributed by atoms with Gasteiger partial charge in [-0.05, 0) is 67.1 Å². The van der Waals surface area contributed by atoms with Gasteiger partial charge < -0.3 is 25.4 Å². The van der Waals surface area contributed by atoms with Crippen molar-refractivity contribution in [1.82, 2.24) is 5.32 Å². The Kier molecular flexibility index (Phi) is 11.0. The number of thioether (sulfide) groups is 1. The number of amides is 3. The molecule has 0 heterocycles.